The van der Waals surface area contributed by atoms with Gasteiger partial charge in [-0.25, -0.2) is 9.97 Å². The number of nitrogens with one attached hydrogen (secondary N) is 2. The lowest BCUT2D eigenvalue weighted by Crippen LogP contribution is -2.45. The molecule has 6 nitrogen and oxygen atoms in total. The molecule has 0 spiro atoms. The molecule has 0 aliphatic carbocycles. The summed E-state index contributed by atoms with van der Waals surface area (Å²) in [6.45, 7) is 6.12. The second-order valence-corrected chi connectivity index (χ2v) is 7.86. The van der Waals surface area contributed by atoms with Crippen molar-refractivity contribution in [3.8, 4) is 0 Å². The van der Waals surface area contributed by atoms with Gasteiger partial charge >= 0.3 is 0 Å². The maximum atomic E-state index is 12.8. The van der Waals surface area contributed by atoms with Crippen molar-refractivity contribution in [2.75, 3.05) is 13.1 Å². The van der Waals surface area contributed by atoms with Crippen molar-refractivity contribution in [1.29, 1.82) is 0 Å². The van der Waals surface area contributed by atoms with E-state index in [0.717, 1.165) is 31.3 Å². The van der Waals surface area contributed by atoms with Crippen LogP contribution in [0.4, 0.5) is 0 Å². The number of hydrogen-bond donors (Lipinski definition) is 2. The molecule has 0 saturated carbocycles. The molecule has 6 heteroatoms. The molecule has 0 aromatic carbocycles. The number of pyridine rings is 2. The summed E-state index contributed by atoms with van der Waals surface area (Å²) in [5.41, 5.74) is 8.04. The fraction of sp³-hybridized carbons (Fsp3) is 0.550. The van der Waals surface area contributed by atoms with Crippen LogP contribution in [0.3, 0.4) is 0 Å². The van der Waals surface area contributed by atoms with Gasteiger partial charge in [-0.2, -0.15) is 0 Å². The van der Waals surface area contributed by atoms with E-state index in [1.54, 1.807) is 6.20 Å². The van der Waals surface area contributed by atoms with Gasteiger partial charge in [0.2, 0.25) is 0 Å². The van der Waals surface area contributed by atoms with Crippen LogP contribution in [-0.4, -0.2) is 45.9 Å². The van der Waals surface area contributed by atoms with Crippen LogP contribution in [0.5, 0.6) is 0 Å². The number of fused-ring (bicyclic) bond motifs is 1. The average Bonchev–Trinajstić information content (AvgIpc) is 3.18. The Morgan fingerprint density at radius 1 is 1.19 bits per heavy atom. The molecule has 2 unspecified atom stereocenters. The molecule has 2 atom stereocenters. The van der Waals surface area contributed by atoms with E-state index in [1.165, 1.54) is 6.42 Å². The van der Waals surface area contributed by atoms with E-state index < -0.39 is 0 Å². The Labute approximate surface area is 154 Å². The van der Waals surface area contributed by atoms with Gasteiger partial charge in [0.25, 0.3) is 5.91 Å². The molecule has 4 rings (SSSR count). The summed E-state index contributed by atoms with van der Waals surface area (Å²) in [5.74, 6) is 1.29. The van der Waals surface area contributed by atoms with Gasteiger partial charge in [-0.15, -0.1) is 0 Å². The number of nitrogens with zero attached hydrogens (tertiary/aromatic N) is 3. The third-order valence-corrected chi connectivity index (χ3v) is 5.85. The molecule has 4 heterocycles. The highest BCUT2D eigenvalue weighted by molar-refractivity contribution is 5.94. The molecule has 2 aromatic rings. The molecule has 138 valence electrons. The van der Waals surface area contributed by atoms with Crippen molar-refractivity contribution in [3.63, 3.8) is 0 Å². The SMILES string of the molecule is CC(C)C1CC(C2CCN(C(=O)c3ccc4cccnc4n3)CC2)NN1. The maximum Gasteiger partial charge on any atom is 0.272 e. The lowest BCUT2D eigenvalue weighted by Gasteiger charge is -2.34. The summed E-state index contributed by atoms with van der Waals surface area (Å²) in [6, 6.07) is 8.65. The first-order valence-electron chi connectivity index (χ1n) is 9.64. The highest BCUT2D eigenvalue weighted by atomic mass is 16.2. The zero-order valence-electron chi connectivity index (χ0n) is 15.5. The van der Waals surface area contributed by atoms with Crippen LogP contribution in [0.1, 0.15) is 43.6 Å². The Morgan fingerprint density at radius 2 is 2.00 bits per heavy atom. The minimum absolute atomic E-state index is 0.0218. The lowest BCUT2D eigenvalue weighted by atomic mass is 9.85. The Morgan fingerprint density at radius 3 is 2.73 bits per heavy atom. The van der Waals surface area contributed by atoms with Crippen molar-refractivity contribution >= 4 is 16.9 Å². The predicted molar refractivity (Wildman–Crippen MR) is 101 cm³/mol. The van der Waals surface area contributed by atoms with Crippen LogP contribution in [0.25, 0.3) is 11.0 Å². The quantitative estimate of drug-likeness (QED) is 0.887. The van der Waals surface area contributed by atoms with E-state index in [-0.39, 0.29) is 5.91 Å². The second-order valence-electron chi connectivity index (χ2n) is 7.86. The number of piperidine rings is 1. The van der Waals surface area contributed by atoms with Gasteiger partial charge in [0, 0.05) is 36.8 Å². The Balaban J connectivity index is 1.37. The average molecular weight is 353 g/mol. The summed E-state index contributed by atoms with van der Waals surface area (Å²) >= 11 is 0. The molecule has 0 bridgehead atoms. The Hall–Kier alpha value is -2.05. The van der Waals surface area contributed by atoms with Gasteiger partial charge in [0.05, 0.1) is 0 Å². The van der Waals surface area contributed by atoms with Gasteiger partial charge in [-0.05, 0) is 55.4 Å². The minimum atomic E-state index is 0.0218. The molecule has 2 aliphatic heterocycles. The third-order valence-electron chi connectivity index (χ3n) is 5.85. The number of carbonyl (C=O) groups excluding carboxylic acids is 1. The van der Waals surface area contributed by atoms with Gasteiger partial charge < -0.3 is 4.90 Å². The maximum absolute atomic E-state index is 12.8. The topological polar surface area (TPSA) is 70.2 Å². The van der Waals surface area contributed by atoms with Crippen LogP contribution in [0.15, 0.2) is 30.5 Å². The highest BCUT2D eigenvalue weighted by Crippen LogP contribution is 2.27. The Kier molecular flexibility index (Phi) is 4.87. The first-order valence-corrected chi connectivity index (χ1v) is 9.64. The number of amides is 1. The normalized spacial score (nSPS) is 24.5. The van der Waals surface area contributed by atoms with Crippen LogP contribution in [0, 0.1) is 11.8 Å². The number of likely N-dealkylation sites (tertiary alicyclic amines) is 1. The molecular weight excluding hydrogens is 326 g/mol. The van der Waals surface area contributed by atoms with E-state index >= 15 is 0 Å². The van der Waals surface area contributed by atoms with Crippen molar-refractivity contribution in [2.45, 2.75) is 45.2 Å². The van der Waals surface area contributed by atoms with E-state index in [0.29, 0.717) is 35.3 Å². The van der Waals surface area contributed by atoms with Crippen LogP contribution < -0.4 is 10.9 Å². The molecular formula is C20H27N5O. The van der Waals surface area contributed by atoms with Gasteiger partial charge in [0.15, 0.2) is 5.65 Å². The molecule has 2 fully saturated rings. The largest absolute Gasteiger partial charge is 0.337 e. The van der Waals surface area contributed by atoms with E-state index in [2.05, 4.69) is 34.7 Å². The van der Waals surface area contributed by atoms with Gasteiger partial charge in [-0.3, -0.25) is 15.6 Å². The summed E-state index contributed by atoms with van der Waals surface area (Å²) in [7, 11) is 0. The van der Waals surface area contributed by atoms with Gasteiger partial charge in [-0.1, -0.05) is 13.8 Å². The zero-order chi connectivity index (χ0) is 18.1. The van der Waals surface area contributed by atoms with E-state index in [1.807, 2.05) is 29.2 Å². The zero-order valence-corrected chi connectivity index (χ0v) is 15.5. The predicted octanol–water partition coefficient (Wildman–Crippen LogP) is 2.37. The van der Waals surface area contributed by atoms with E-state index in [9.17, 15) is 4.79 Å². The molecule has 2 aliphatic rings. The molecule has 1 amide bonds. The van der Waals surface area contributed by atoms with Crippen molar-refractivity contribution in [3.05, 3.63) is 36.2 Å². The number of rotatable bonds is 3. The van der Waals surface area contributed by atoms with Crippen molar-refractivity contribution in [1.82, 2.24) is 25.7 Å². The summed E-state index contributed by atoms with van der Waals surface area (Å²) < 4.78 is 0. The molecule has 2 aromatic heterocycles. The lowest BCUT2D eigenvalue weighted by molar-refractivity contribution is 0.0667. The van der Waals surface area contributed by atoms with Crippen molar-refractivity contribution in [2.24, 2.45) is 11.8 Å². The van der Waals surface area contributed by atoms with Crippen molar-refractivity contribution < 1.29 is 4.79 Å². The summed E-state index contributed by atoms with van der Waals surface area (Å²) in [5, 5.41) is 0.960. The summed E-state index contributed by atoms with van der Waals surface area (Å²) in [4.78, 5) is 23.5. The van der Waals surface area contributed by atoms with Crippen LogP contribution in [0.2, 0.25) is 0 Å². The number of hydrogen-bond acceptors (Lipinski definition) is 5. The van der Waals surface area contributed by atoms with Crippen LogP contribution in [-0.2, 0) is 0 Å². The smallest absolute Gasteiger partial charge is 0.272 e. The van der Waals surface area contributed by atoms with E-state index in [4.69, 9.17) is 0 Å². The molecule has 2 saturated heterocycles. The second kappa shape index (κ2) is 7.29. The summed E-state index contributed by atoms with van der Waals surface area (Å²) in [6.07, 6.45) is 4.97. The number of carbonyl (C=O) groups is 1. The molecule has 26 heavy (non-hydrogen) atoms. The first-order chi connectivity index (χ1) is 12.6. The highest BCUT2D eigenvalue weighted by Gasteiger charge is 2.34. The standard InChI is InChI=1S/C20H27N5O/c1-13(2)17-12-18(24-23-17)14-7-10-25(11-8-14)20(26)16-6-5-15-4-3-9-21-19(15)22-16/h3-6,9,13-14,17-18,23-24H,7-8,10-12H2,1-2H3. The molecule has 0 radical (unpaired) electrons. The Bertz CT molecular complexity index is 785. The number of hydrazine groups is 1. The molecule has 2 N–H and O–H groups in total. The first kappa shape index (κ1) is 17.4. The third kappa shape index (κ3) is 3.44. The fourth-order valence-electron chi connectivity index (χ4n) is 4.09. The van der Waals surface area contributed by atoms with Gasteiger partial charge in [0.1, 0.15) is 5.69 Å². The monoisotopic (exact) mass is 353 g/mol. The fourth-order valence-corrected chi connectivity index (χ4v) is 4.09. The van der Waals surface area contributed by atoms with Crippen LogP contribution >= 0.6 is 0 Å². The minimum Gasteiger partial charge on any atom is -0.337 e. The number of aromatic nitrogens is 2.